The van der Waals surface area contributed by atoms with E-state index in [1.54, 1.807) is 23.0 Å². The lowest BCUT2D eigenvalue weighted by Gasteiger charge is -2.25. The van der Waals surface area contributed by atoms with Gasteiger partial charge in [0, 0.05) is 11.1 Å². The van der Waals surface area contributed by atoms with Gasteiger partial charge < -0.3 is 10.6 Å². The summed E-state index contributed by atoms with van der Waals surface area (Å²) in [5.74, 6) is -0.348. The van der Waals surface area contributed by atoms with Crippen LogP contribution in [0.2, 0.25) is 5.02 Å². The summed E-state index contributed by atoms with van der Waals surface area (Å²) < 4.78 is 1.60. The number of carbonyl (C=O) groups is 3. The SMILES string of the molecule is CCCC1(CCC)NC(=O)N(CC(=O)Nc2ccnn2Cc2ccccc2Cl)C1=O. The molecule has 2 N–H and O–H groups in total. The van der Waals surface area contributed by atoms with Crippen LogP contribution in [0.15, 0.2) is 36.5 Å². The number of halogens is 1. The second-order valence-corrected chi connectivity index (χ2v) is 7.82. The molecule has 1 saturated heterocycles. The van der Waals surface area contributed by atoms with Crippen LogP contribution >= 0.6 is 11.6 Å². The molecule has 0 aliphatic carbocycles. The maximum Gasteiger partial charge on any atom is 0.325 e. The third-order valence-corrected chi connectivity index (χ3v) is 5.53. The van der Waals surface area contributed by atoms with E-state index in [-0.39, 0.29) is 12.5 Å². The molecule has 8 nitrogen and oxygen atoms in total. The molecular formula is C21H26ClN5O3. The second-order valence-electron chi connectivity index (χ2n) is 7.42. The molecule has 1 aromatic heterocycles. The summed E-state index contributed by atoms with van der Waals surface area (Å²) in [6.07, 6.45) is 4.18. The first-order chi connectivity index (χ1) is 14.4. The summed E-state index contributed by atoms with van der Waals surface area (Å²) in [4.78, 5) is 38.9. The zero-order valence-corrected chi connectivity index (χ0v) is 17.9. The number of nitrogens with zero attached hydrogens (tertiary/aromatic N) is 3. The van der Waals surface area contributed by atoms with E-state index in [1.165, 1.54) is 0 Å². The Kier molecular flexibility index (Phi) is 6.77. The molecule has 1 aliphatic rings. The monoisotopic (exact) mass is 431 g/mol. The summed E-state index contributed by atoms with van der Waals surface area (Å²) >= 11 is 6.21. The molecule has 0 atom stereocenters. The van der Waals surface area contributed by atoms with Crippen LogP contribution in [-0.2, 0) is 16.1 Å². The zero-order valence-electron chi connectivity index (χ0n) is 17.2. The third kappa shape index (κ3) is 4.48. The Hall–Kier alpha value is -2.87. The minimum Gasteiger partial charge on any atom is -0.323 e. The van der Waals surface area contributed by atoms with Crippen molar-refractivity contribution in [3.05, 3.63) is 47.1 Å². The van der Waals surface area contributed by atoms with Crippen LogP contribution in [0.1, 0.15) is 45.1 Å². The second kappa shape index (κ2) is 9.30. The van der Waals surface area contributed by atoms with Crippen LogP contribution in [0.4, 0.5) is 10.6 Å². The standard InChI is InChI=1S/C21H26ClN5O3/c1-3-10-21(11-4-2)19(29)26(20(30)25-21)14-18(28)24-17-9-12-23-27(17)13-15-7-5-6-8-16(15)22/h5-9,12H,3-4,10-11,13-14H2,1-2H3,(H,24,28)(H,25,30). The van der Waals surface area contributed by atoms with Gasteiger partial charge in [-0.25, -0.2) is 9.48 Å². The Morgan fingerprint density at radius 2 is 1.87 bits per heavy atom. The Labute approximate surface area is 180 Å². The summed E-state index contributed by atoms with van der Waals surface area (Å²) in [7, 11) is 0. The lowest BCUT2D eigenvalue weighted by molar-refractivity contribution is -0.134. The Morgan fingerprint density at radius 3 is 2.53 bits per heavy atom. The van der Waals surface area contributed by atoms with E-state index in [1.807, 2.05) is 32.0 Å². The van der Waals surface area contributed by atoms with Gasteiger partial charge in [-0.15, -0.1) is 0 Å². The van der Waals surface area contributed by atoms with Gasteiger partial charge in [-0.1, -0.05) is 56.5 Å². The van der Waals surface area contributed by atoms with Crippen LogP contribution in [0.25, 0.3) is 0 Å². The average Bonchev–Trinajstić information content (AvgIpc) is 3.22. The van der Waals surface area contributed by atoms with Gasteiger partial charge in [-0.2, -0.15) is 5.10 Å². The van der Waals surface area contributed by atoms with Gasteiger partial charge in [0.25, 0.3) is 5.91 Å². The fraction of sp³-hybridized carbons (Fsp3) is 0.429. The van der Waals surface area contributed by atoms with Crippen molar-refractivity contribution in [2.24, 2.45) is 0 Å². The first-order valence-electron chi connectivity index (χ1n) is 10.1. The van der Waals surface area contributed by atoms with E-state index in [4.69, 9.17) is 11.6 Å². The highest BCUT2D eigenvalue weighted by atomic mass is 35.5. The highest BCUT2D eigenvalue weighted by Crippen LogP contribution is 2.28. The van der Waals surface area contributed by atoms with Crippen molar-refractivity contribution in [3.63, 3.8) is 0 Å². The van der Waals surface area contributed by atoms with E-state index in [0.717, 1.165) is 23.3 Å². The summed E-state index contributed by atoms with van der Waals surface area (Å²) in [6, 6.07) is 8.51. The number of carbonyl (C=O) groups excluding carboxylic acids is 3. The summed E-state index contributed by atoms with van der Waals surface area (Å²) in [6.45, 7) is 3.96. The van der Waals surface area contributed by atoms with E-state index < -0.39 is 17.5 Å². The van der Waals surface area contributed by atoms with Gasteiger partial charge in [-0.3, -0.25) is 14.5 Å². The number of nitrogens with one attached hydrogen (secondary N) is 2. The van der Waals surface area contributed by atoms with Crippen LogP contribution in [0.3, 0.4) is 0 Å². The lowest BCUT2D eigenvalue weighted by Crippen LogP contribution is -2.47. The molecule has 9 heteroatoms. The van der Waals surface area contributed by atoms with Crippen molar-refractivity contribution in [1.82, 2.24) is 20.0 Å². The highest BCUT2D eigenvalue weighted by molar-refractivity contribution is 6.31. The van der Waals surface area contributed by atoms with Gasteiger partial charge >= 0.3 is 6.03 Å². The van der Waals surface area contributed by atoms with Crippen molar-refractivity contribution >= 4 is 35.3 Å². The van der Waals surface area contributed by atoms with Crippen molar-refractivity contribution in [2.75, 3.05) is 11.9 Å². The predicted octanol–water partition coefficient (Wildman–Crippen LogP) is 3.41. The number of hydrogen-bond donors (Lipinski definition) is 2. The smallest absolute Gasteiger partial charge is 0.323 e. The van der Waals surface area contributed by atoms with Crippen molar-refractivity contribution in [1.29, 1.82) is 0 Å². The molecule has 0 spiro atoms. The molecule has 0 bridgehead atoms. The largest absolute Gasteiger partial charge is 0.325 e. The van der Waals surface area contributed by atoms with Crippen molar-refractivity contribution in [3.8, 4) is 0 Å². The molecule has 2 heterocycles. The highest BCUT2D eigenvalue weighted by Gasteiger charge is 2.50. The van der Waals surface area contributed by atoms with Crippen LogP contribution < -0.4 is 10.6 Å². The van der Waals surface area contributed by atoms with Gasteiger partial charge in [0.2, 0.25) is 5.91 Å². The van der Waals surface area contributed by atoms with Gasteiger partial charge in [-0.05, 0) is 24.5 Å². The van der Waals surface area contributed by atoms with Crippen LogP contribution in [0.5, 0.6) is 0 Å². The minimum atomic E-state index is -0.910. The molecule has 1 aliphatic heterocycles. The number of aromatic nitrogens is 2. The quantitative estimate of drug-likeness (QED) is 0.594. The fourth-order valence-corrected chi connectivity index (χ4v) is 4.01. The molecule has 1 aromatic carbocycles. The van der Waals surface area contributed by atoms with Gasteiger partial charge in [0.05, 0.1) is 12.7 Å². The number of rotatable bonds is 9. The van der Waals surface area contributed by atoms with Gasteiger partial charge in [0.1, 0.15) is 17.9 Å². The van der Waals surface area contributed by atoms with E-state index in [9.17, 15) is 14.4 Å². The molecule has 30 heavy (non-hydrogen) atoms. The number of amides is 4. The van der Waals surface area contributed by atoms with Gasteiger partial charge in [0.15, 0.2) is 0 Å². The molecular weight excluding hydrogens is 406 g/mol. The normalized spacial score (nSPS) is 15.4. The molecule has 4 amide bonds. The molecule has 3 rings (SSSR count). The van der Waals surface area contributed by atoms with Crippen LogP contribution in [-0.4, -0.2) is 44.6 Å². The molecule has 0 radical (unpaired) electrons. The number of benzene rings is 1. The zero-order chi connectivity index (χ0) is 21.7. The maximum absolute atomic E-state index is 12.9. The number of hydrogen-bond acceptors (Lipinski definition) is 4. The number of imide groups is 1. The summed E-state index contributed by atoms with van der Waals surface area (Å²) in [5, 5.41) is 10.4. The first-order valence-corrected chi connectivity index (χ1v) is 10.5. The fourth-order valence-electron chi connectivity index (χ4n) is 3.82. The lowest BCUT2D eigenvalue weighted by atomic mass is 9.88. The predicted molar refractivity (Wildman–Crippen MR) is 114 cm³/mol. The molecule has 0 unspecified atom stereocenters. The van der Waals surface area contributed by atoms with Crippen LogP contribution in [0, 0.1) is 0 Å². The van der Waals surface area contributed by atoms with E-state index in [0.29, 0.717) is 30.2 Å². The average molecular weight is 432 g/mol. The molecule has 1 fully saturated rings. The molecule has 160 valence electrons. The number of anilines is 1. The van der Waals surface area contributed by atoms with Crippen molar-refractivity contribution in [2.45, 2.75) is 51.6 Å². The topological polar surface area (TPSA) is 96.3 Å². The summed E-state index contributed by atoms with van der Waals surface area (Å²) in [5.41, 5.74) is -0.0523. The minimum absolute atomic E-state index is 0.337. The van der Waals surface area contributed by atoms with E-state index in [2.05, 4.69) is 15.7 Å². The molecule has 0 saturated carbocycles. The Balaban J connectivity index is 1.68. The maximum atomic E-state index is 12.9. The Bertz CT molecular complexity index is 936. The first kappa shape index (κ1) is 21.8. The number of urea groups is 1. The van der Waals surface area contributed by atoms with E-state index >= 15 is 0 Å². The molecule has 2 aromatic rings. The van der Waals surface area contributed by atoms with Crippen molar-refractivity contribution < 1.29 is 14.4 Å². The third-order valence-electron chi connectivity index (χ3n) is 5.16. The Morgan fingerprint density at radius 1 is 1.17 bits per heavy atom.